The molecule has 0 bridgehead atoms. The first-order valence-corrected chi connectivity index (χ1v) is 12.1. The molecular weight excluding hydrogens is 444 g/mol. The Bertz CT molecular complexity index is 1480. The van der Waals surface area contributed by atoms with Gasteiger partial charge in [0, 0.05) is 24.7 Å². The quantitative estimate of drug-likeness (QED) is 0.291. The Kier molecular flexibility index (Phi) is 7.11. The average molecular weight is 473 g/mol. The van der Waals surface area contributed by atoms with E-state index in [2.05, 4.69) is 80.1 Å². The number of nitriles is 1. The molecule has 0 radical (unpaired) electrons. The molecule has 0 aliphatic rings. The van der Waals surface area contributed by atoms with Crippen LogP contribution in [0.2, 0.25) is 0 Å². The Morgan fingerprint density at radius 3 is 2.47 bits per heavy atom. The molecule has 0 aliphatic carbocycles. The van der Waals surface area contributed by atoms with Crippen molar-refractivity contribution in [2.24, 2.45) is 0 Å². The fraction of sp³-hybridized carbons (Fsp3) is 0.200. The third kappa shape index (κ3) is 5.83. The molecule has 5 aromatic rings. The molecule has 0 saturated heterocycles. The predicted octanol–water partition coefficient (Wildman–Crippen LogP) is 5.30. The summed E-state index contributed by atoms with van der Waals surface area (Å²) >= 11 is 0. The van der Waals surface area contributed by atoms with Crippen LogP contribution in [0, 0.1) is 18.3 Å². The van der Waals surface area contributed by atoms with Crippen LogP contribution in [0.4, 0.5) is 0 Å². The van der Waals surface area contributed by atoms with Crippen molar-refractivity contribution in [1.82, 2.24) is 24.6 Å². The smallest absolute Gasteiger partial charge is 0.147 e. The normalized spacial score (nSPS) is 11.1. The molecule has 0 aliphatic heterocycles. The number of pyridine rings is 1. The summed E-state index contributed by atoms with van der Waals surface area (Å²) in [5.74, 6) is 0.914. The van der Waals surface area contributed by atoms with E-state index < -0.39 is 0 Å². The van der Waals surface area contributed by atoms with Gasteiger partial charge in [0.15, 0.2) is 0 Å². The maximum absolute atomic E-state index is 9.07. The van der Waals surface area contributed by atoms with Gasteiger partial charge >= 0.3 is 0 Å². The number of rotatable bonds is 9. The van der Waals surface area contributed by atoms with Gasteiger partial charge in [0.05, 0.1) is 30.2 Å². The lowest BCUT2D eigenvalue weighted by Crippen LogP contribution is -2.27. The molecule has 0 unspecified atom stereocenters. The molecule has 0 atom stereocenters. The fourth-order valence-electron chi connectivity index (χ4n) is 4.33. The van der Waals surface area contributed by atoms with Gasteiger partial charge in [-0.2, -0.15) is 5.26 Å². The molecule has 0 amide bonds. The van der Waals surface area contributed by atoms with E-state index in [0.717, 1.165) is 41.8 Å². The summed E-state index contributed by atoms with van der Waals surface area (Å²) in [4.78, 5) is 7.07. The zero-order chi connectivity index (χ0) is 24.7. The Morgan fingerprint density at radius 1 is 0.889 bits per heavy atom. The SMILES string of the molecule is Cc1ccc(CCN(Cc2cnc3ccccc3c2)Cc2nncn2Cc2ccc(C#N)cc2)cc1. The van der Waals surface area contributed by atoms with Crippen molar-refractivity contribution in [2.75, 3.05) is 6.54 Å². The van der Waals surface area contributed by atoms with Crippen LogP contribution in [0.1, 0.15) is 33.6 Å². The largest absolute Gasteiger partial charge is 0.312 e. The molecule has 3 aromatic carbocycles. The van der Waals surface area contributed by atoms with E-state index in [1.807, 2.05) is 42.6 Å². The van der Waals surface area contributed by atoms with Crippen molar-refractivity contribution in [3.05, 3.63) is 125 Å². The second-order valence-electron chi connectivity index (χ2n) is 9.17. The summed E-state index contributed by atoms with van der Waals surface area (Å²) in [5.41, 5.74) is 6.55. The van der Waals surface area contributed by atoms with Gasteiger partial charge in [0.25, 0.3) is 0 Å². The molecule has 178 valence electrons. The molecule has 0 saturated carbocycles. The number of hydrogen-bond acceptors (Lipinski definition) is 5. The van der Waals surface area contributed by atoms with Gasteiger partial charge in [0.2, 0.25) is 0 Å². The molecule has 6 heteroatoms. The van der Waals surface area contributed by atoms with Crippen LogP contribution < -0.4 is 0 Å². The zero-order valence-corrected chi connectivity index (χ0v) is 20.4. The number of para-hydroxylation sites is 1. The van der Waals surface area contributed by atoms with Gasteiger partial charge in [-0.05, 0) is 54.3 Å². The maximum atomic E-state index is 9.07. The van der Waals surface area contributed by atoms with E-state index in [0.29, 0.717) is 18.7 Å². The van der Waals surface area contributed by atoms with Crippen LogP contribution >= 0.6 is 0 Å². The number of aryl methyl sites for hydroxylation is 1. The maximum Gasteiger partial charge on any atom is 0.147 e. The van der Waals surface area contributed by atoms with E-state index in [1.54, 1.807) is 6.33 Å². The Balaban J connectivity index is 1.35. The van der Waals surface area contributed by atoms with E-state index in [9.17, 15) is 0 Å². The predicted molar refractivity (Wildman–Crippen MR) is 141 cm³/mol. The number of aromatic nitrogens is 4. The van der Waals surface area contributed by atoms with Crippen LogP contribution in [0.3, 0.4) is 0 Å². The Hall–Kier alpha value is -4.34. The van der Waals surface area contributed by atoms with Gasteiger partial charge in [-0.1, -0.05) is 60.2 Å². The van der Waals surface area contributed by atoms with Crippen molar-refractivity contribution in [2.45, 2.75) is 33.0 Å². The first kappa shape index (κ1) is 23.4. The van der Waals surface area contributed by atoms with Crippen LogP contribution in [0.5, 0.6) is 0 Å². The fourth-order valence-corrected chi connectivity index (χ4v) is 4.33. The van der Waals surface area contributed by atoms with Gasteiger partial charge in [-0.15, -0.1) is 10.2 Å². The highest BCUT2D eigenvalue weighted by Gasteiger charge is 2.14. The molecule has 36 heavy (non-hydrogen) atoms. The summed E-state index contributed by atoms with van der Waals surface area (Å²) in [6.07, 6.45) is 4.71. The lowest BCUT2D eigenvalue weighted by molar-refractivity contribution is 0.250. The third-order valence-corrected chi connectivity index (χ3v) is 6.39. The van der Waals surface area contributed by atoms with E-state index in [-0.39, 0.29) is 0 Å². The first-order valence-electron chi connectivity index (χ1n) is 12.1. The van der Waals surface area contributed by atoms with Gasteiger partial charge in [-0.25, -0.2) is 0 Å². The molecule has 0 spiro atoms. The number of benzene rings is 3. The van der Waals surface area contributed by atoms with Gasteiger partial charge < -0.3 is 4.57 Å². The standard InChI is InChI=1S/C30H28N6/c1-23-6-8-24(9-7-23)14-15-35(19-27-16-28-4-2-3-5-29(28)32-18-27)21-30-34-33-22-36(30)20-26-12-10-25(17-31)11-13-26/h2-13,16,18,22H,14-15,19-21H2,1H3. The third-order valence-electron chi connectivity index (χ3n) is 6.39. The molecule has 6 nitrogen and oxygen atoms in total. The minimum absolute atomic E-state index is 0.661. The summed E-state index contributed by atoms with van der Waals surface area (Å²) < 4.78 is 2.08. The highest BCUT2D eigenvalue weighted by Crippen LogP contribution is 2.17. The molecule has 0 fully saturated rings. The minimum Gasteiger partial charge on any atom is -0.312 e. The van der Waals surface area contributed by atoms with E-state index in [4.69, 9.17) is 5.26 Å². The van der Waals surface area contributed by atoms with Gasteiger partial charge in [0.1, 0.15) is 12.2 Å². The monoisotopic (exact) mass is 472 g/mol. The highest BCUT2D eigenvalue weighted by molar-refractivity contribution is 5.78. The van der Waals surface area contributed by atoms with Crippen LogP contribution in [0.15, 0.2) is 91.4 Å². The zero-order valence-electron chi connectivity index (χ0n) is 20.4. The molecule has 0 N–H and O–H groups in total. The number of nitrogens with zero attached hydrogens (tertiary/aromatic N) is 6. The number of fused-ring (bicyclic) bond motifs is 1. The van der Waals surface area contributed by atoms with Gasteiger partial charge in [-0.3, -0.25) is 9.88 Å². The molecule has 5 rings (SSSR count). The molecule has 2 heterocycles. The molecule has 2 aromatic heterocycles. The molecular formula is C30H28N6. The summed E-state index contributed by atoms with van der Waals surface area (Å²) in [6.45, 7) is 5.11. The van der Waals surface area contributed by atoms with Crippen molar-refractivity contribution in [3.63, 3.8) is 0 Å². The van der Waals surface area contributed by atoms with Crippen LogP contribution in [0.25, 0.3) is 10.9 Å². The topological polar surface area (TPSA) is 70.6 Å². The second-order valence-corrected chi connectivity index (χ2v) is 9.17. The van der Waals surface area contributed by atoms with Crippen molar-refractivity contribution >= 4 is 10.9 Å². The Labute approximate surface area is 211 Å². The lowest BCUT2D eigenvalue weighted by Gasteiger charge is -2.22. The first-order chi connectivity index (χ1) is 17.7. The average Bonchev–Trinajstić information content (AvgIpc) is 3.34. The van der Waals surface area contributed by atoms with E-state index in [1.165, 1.54) is 16.7 Å². The minimum atomic E-state index is 0.661. The van der Waals surface area contributed by atoms with Crippen molar-refractivity contribution in [3.8, 4) is 6.07 Å². The Morgan fingerprint density at radius 2 is 1.67 bits per heavy atom. The summed E-state index contributed by atoms with van der Waals surface area (Å²) in [5, 5.41) is 18.9. The summed E-state index contributed by atoms with van der Waals surface area (Å²) in [7, 11) is 0. The van der Waals surface area contributed by atoms with Crippen molar-refractivity contribution in [1.29, 1.82) is 5.26 Å². The summed E-state index contributed by atoms with van der Waals surface area (Å²) in [6, 6.07) is 29.0. The van der Waals surface area contributed by atoms with E-state index >= 15 is 0 Å². The second kappa shape index (κ2) is 10.9. The highest BCUT2D eigenvalue weighted by atomic mass is 15.3. The lowest BCUT2D eigenvalue weighted by atomic mass is 10.1. The van der Waals surface area contributed by atoms with Crippen LogP contribution in [-0.4, -0.2) is 31.2 Å². The van der Waals surface area contributed by atoms with Crippen molar-refractivity contribution < 1.29 is 0 Å². The number of hydrogen-bond donors (Lipinski definition) is 0. The van der Waals surface area contributed by atoms with Crippen LogP contribution in [-0.2, 0) is 26.1 Å².